The van der Waals surface area contributed by atoms with E-state index in [1.54, 1.807) is 0 Å². The van der Waals surface area contributed by atoms with Gasteiger partial charge >= 0.3 is 5.97 Å². The number of hydrogen-bond donors (Lipinski definition) is 1. The first-order valence-corrected chi connectivity index (χ1v) is 6.59. The second-order valence-electron chi connectivity index (χ2n) is 5.10. The van der Waals surface area contributed by atoms with Crippen molar-refractivity contribution in [3.05, 3.63) is 11.6 Å². The van der Waals surface area contributed by atoms with Gasteiger partial charge in [0.2, 0.25) is 5.91 Å². The number of amides is 1. The van der Waals surface area contributed by atoms with Crippen molar-refractivity contribution < 1.29 is 14.3 Å². The van der Waals surface area contributed by atoms with Gasteiger partial charge in [0.1, 0.15) is 6.04 Å². The molecule has 0 aromatic carbocycles. The van der Waals surface area contributed by atoms with E-state index in [0.29, 0.717) is 6.42 Å². The van der Waals surface area contributed by atoms with Crippen LogP contribution in [0.4, 0.5) is 0 Å². The molecule has 1 N–H and O–H groups in total. The molecule has 0 spiro atoms. The minimum absolute atomic E-state index is 0.0294. The van der Waals surface area contributed by atoms with Crippen LogP contribution in [0.15, 0.2) is 11.6 Å². The van der Waals surface area contributed by atoms with Crippen molar-refractivity contribution in [3.63, 3.8) is 0 Å². The number of ether oxygens (including phenoxy) is 1. The van der Waals surface area contributed by atoms with Gasteiger partial charge in [0.25, 0.3) is 0 Å². The van der Waals surface area contributed by atoms with Crippen molar-refractivity contribution in [1.82, 2.24) is 5.32 Å². The molecule has 0 aromatic rings. The summed E-state index contributed by atoms with van der Waals surface area (Å²) in [5.41, 5.74) is 1.19. The van der Waals surface area contributed by atoms with E-state index < -0.39 is 6.04 Å². The maximum atomic E-state index is 11.9. The van der Waals surface area contributed by atoms with Crippen molar-refractivity contribution >= 4 is 11.9 Å². The molecule has 1 amide bonds. The van der Waals surface area contributed by atoms with Crippen molar-refractivity contribution in [1.29, 1.82) is 0 Å². The minimum Gasteiger partial charge on any atom is -0.467 e. The van der Waals surface area contributed by atoms with Gasteiger partial charge < -0.3 is 10.1 Å². The molecule has 18 heavy (non-hydrogen) atoms. The molecule has 0 saturated heterocycles. The number of esters is 1. The number of rotatable bonds is 5. The van der Waals surface area contributed by atoms with E-state index in [9.17, 15) is 9.59 Å². The molecule has 4 heteroatoms. The van der Waals surface area contributed by atoms with Gasteiger partial charge in [0.15, 0.2) is 0 Å². The van der Waals surface area contributed by atoms with E-state index in [4.69, 9.17) is 4.74 Å². The molecule has 1 unspecified atom stereocenters. The Morgan fingerprint density at radius 2 is 2.11 bits per heavy atom. The van der Waals surface area contributed by atoms with E-state index >= 15 is 0 Å². The Morgan fingerprint density at radius 1 is 1.39 bits per heavy atom. The number of nitrogens with one attached hydrogen (secondary N) is 1. The minimum atomic E-state index is -0.549. The zero-order chi connectivity index (χ0) is 13.5. The van der Waals surface area contributed by atoms with Crippen LogP contribution in [0.5, 0.6) is 0 Å². The second kappa shape index (κ2) is 7.19. The fraction of sp³-hybridized carbons (Fsp3) is 0.714. The molecule has 1 aliphatic rings. The Morgan fingerprint density at radius 3 is 2.61 bits per heavy atom. The molecular weight excluding hydrogens is 230 g/mol. The smallest absolute Gasteiger partial charge is 0.328 e. The molecule has 0 radical (unpaired) electrons. The van der Waals surface area contributed by atoms with Crippen molar-refractivity contribution in [2.24, 2.45) is 5.92 Å². The maximum Gasteiger partial charge on any atom is 0.328 e. The molecular formula is C14H23NO3. The summed E-state index contributed by atoms with van der Waals surface area (Å²) in [6, 6.07) is -0.549. The molecule has 1 atom stereocenters. The van der Waals surface area contributed by atoms with Gasteiger partial charge in [-0.15, -0.1) is 0 Å². The van der Waals surface area contributed by atoms with Crippen molar-refractivity contribution in [2.75, 3.05) is 7.11 Å². The normalized spacial score (nSPS) is 17.0. The Bertz CT molecular complexity index is 334. The number of hydrogen-bond acceptors (Lipinski definition) is 3. The molecule has 0 aliphatic heterocycles. The summed E-state index contributed by atoms with van der Waals surface area (Å²) in [5.74, 6) is -0.440. The van der Waals surface area contributed by atoms with Gasteiger partial charge in [-0.3, -0.25) is 4.79 Å². The van der Waals surface area contributed by atoms with Gasteiger partial charge in [0.05, 0.1) is 7.11 Å². The molecule has 1 aliphatic carbocycles. The molecule has 0 saturated carbocycles. The van der Waals surface area contributed by atoms with Gasteiger partial charge in [-0.2, -0.15) is 0 Å². The molecule has 0 heterocycles. The Balaban J connectivity index is 2.50. The second-order valence-corrected chi connectivity index (χ2v) is 5.10. The standard InChI is InChI=1S/C14H23NO3/c1-10(2)13(14(17)18-3)15-12(16)9-11-7-5-4-6-8-11/h7,10,13H,4-6,8-9H2,1-3H3,(H,15,16). The third kappa shape index (κ3) is 4.51. The van der Waals surface area contributed by atoms with Crippen LogP contribution in [-0.2, 0) is 14.3 Å². The van der Waals surface area contributed by atoms with Crippen LogP contribution < -0.4 is 5.32 Å². The summed E-state index contributed by atoms with van der Waals surface area (Å²) in [5, 5.41) is 2.76. The van der Waals surface area contributed by atoms with Crippen LogP contribution in [0.2, 0.25) is 0 Å². The van der Waals surface area contributed by atoms with E-state index in [2.05, 4.69) is 11.4 Å². The van der Waals surface area contributed by atoms with E-state index in [1.807, 2.05) is 13.8 Å². The zero-order valence-electron chi connectivity index (χ0n) is 11.5. The Hall–Kier alpha value is -1.32. The van der Waals surface area contributed by atoms with E-state index in [0.717, 1.165) is 19.3 Å². The quantitative estimate of drug-likeness (QED) is 0.603. The van der Waals surface area contributed by atoms with Crippen LogP contribution in [0.3, 0.4) is 0 Å². The molecule has 0 aromatic heterocycles. The van der Waals surface area contributed by atoms with Crippen molar-refractivity contribution in [2.45, 2.75) is 52.0 Å². The van der Waals surface area contributed by atoms with Crippen LogP contribution in [0.1, 0.15) is 46.0 Å². The Kier molecular flexibility index (Phi) is 5.89. The van der Waals surface area contributed by atoms with Crippen LogP contribution in [0.25, 0.3) is 0 Å². The summed E-state index contributed by atoms with van der Waals surface area (Å²) in [7, 11) is 1.34. The van der Waals surface area contributed by atoms with Crippen LogP contribution in [0, 0.1) is 5.92 Å². The number of methoxy groups -OCH3 is 1. The summed E-state index contributed by atoms with van der Waals surface area (Å²) in [4.78, 5) is 23.4. The average Bonchev–Trinajstić information content (AvgIpc) is 2.36. The van der Waals surface area contributed by atoms with E-state index in [-0.39, 0.29) is 17.8 Å². The maximum absolute atomic E-state index is 11.9. The predicted molar refractivity (Wildman–Crippen MR) is 70.0 cm³/mol. The van der Waals surface area contributed by atoms with Crippen LogP contribution >= 0.6 is 0 Å². The average molecular weight is 253 g/mol. The van der Waals surface area contributed by atoms with Gasteiger partial charge in [-0.05, 0) is 31.6 Å². The predicted octanol–water partition coefficient (Wildman–Crippen LogP) is 2.19. The molecule has 0 fully saturated rings. The number of carbonyl (C=O) groups is 2. The zero-order valence-corrected chi connectivity index (χ0v) is 11.5. The van der Waals surface area contributed by atoms with Gasteiger partial charge in [-0.25, -0.2) is 4.79 Å². The highest BCUT2D eigenvalue weighted by Gasteiger charge is 2.25. The SMILES string of the molecule is COC(=O)C(NC(=O)CC1=CCCCC1)C(C)C. The lowest BCUT2D eigenvalue weighted by atomic mass is 9.96. The lowest BCUT2D eigenvalue weighted by Gasteiger charge is -2.20. The summed E-state index contributed by atoms with van der Waals surface area (Å²) < 4.78 is 4.70. The first-order valence-electron chi connectivity index (χ1n) is 6.59. The lowest BCUT2D eigenvalue weighted by molar-refractivity contribution is -0.146. The largest absolute Gasteiger partial charge is 0.467 e. The fourth-order valence-corrected chi connectivity index (χ4v) is 2.12. The number of allylic oxidation sites excluding steroid dienone is 1. The summed E-state index contributed by atoms with van der Waals surface area (Å²) in [6.07, 6.45) is 6.97. The molecule has 0 bridgehead atoms. The molecule has 4 nitrogen and oxygen atoms in total. The molecule has 1 rings (SSSR count). The highest BCUT2D eigenvalue weighted by atomic mass is 16.5. The topological polar surface area (TPSA) is 55.4 Å². The Labute approximate surface area is 109 Å². The fourth-order valence-electron chi connectivity index (χ4n) is 2.12. The third-order valence-electron chi connectivity index (χ3n) is 3.21. The molecule has 102 valence electrons. The monoisotopic (exact) mass is 253 g/mol. The van der Waals surface area contributed by atoms with Gasteiger partial charge in [0, 0.05) is 6.42 Å². The van der Waals surface area contributed by atoms with Crippen molar-refractivity contribution in [3.8, 4) is 0 Å². The number of carbonyl (C=O) groups excluding carboxylic acids is 2. The third-order valence-corrected chi connectivity index (χ3v) is 3.21. The lowest BCUT2D eigenvalue weighted by Crippen LogP contribution is -2.45. The first kappa shape index (κ1) is 14.7. The van der Waals surface area contributed by atoms with Crippen LogP contribution in [-0.4, -0.2) is 25.0 Å². The first-order chi connectivity index (χ1) is 8.54. The summed E-state index contributed by atoms with van der Waals surface area (Å²) in [6.45, 7) is 3.78. The van der Waals surface area contributed by atoms with Gasteiger partial charge in [-0.1, -0.05) is 25.5 Å². The van der Waals surface area contributed by atoms with E-state index in [1.165, 1.54) is 19.1 Å². The highest BCUT2D eigenvalue weighted by Crippen LogP contribution is 2.20. The highest BCUT2D eigenvalue weighted by molar-refractivity contribution is 5.85. The summed E-state index contributed by atoms with van der Waals surface area (Å²) >= 11 is 0.